The molecule has 0 radical (unpaired) electrons. The summed E-state index contributed by atoms with van der Waals surface area (Å²) in [6.45, 7) is 2.09. The lowest BCUT2D eigenvalue weighted by Gasteiger charge is -1.89. The second-order valence-electron chi connectivity index (χ2n) is 1.63. The van der Waals surface area contributed by atoms with Crippen molar-refractivity contribution in [3.8, 4) is 0 Å². The Morgan fingerprint density at radius 1 is 1.78 bits per heavy atom. The zero-order valence-electron chi connectivity index (χ0n) is 5.34. The Bertz CT molecular complexity index is 120. The van der Waals surface area contributed by atoms with Crippen LogP contribution in [0.4, 0.5) is 0 Å². The molecule has 0 atom stereocenters. The van der Waals surface area contributed by atoms with Crippen LogP contribution in [-0.2, 0) is 0 Å². The molecule has 0 aliphatic rings. The van der Waals surface area contributed by atoms with Crippen molar-refractivity contribution in [2.24, 2.45) is 5.16 Å². The van der Waals surface area contributed by atoms with E-state index >= 15 is 0 Å². The van der Waals surface area contributed by atoms with Crippen molar-refractivity contribution in [1.82, 2.24) is 0 Å². The standard InChI is InChI=1S/C6H10BrNO/c1-2-3-6(7)4-5-8-9/h4-5,9H,2-3H2,1H3/b6-4-,8-5+. The van der Waals surface area contributed by atoms with Gasteiger partial charge in [-0.05, 0) is 17.0 Å². The van der Waals surface area contributed by atoms with Crippen LogP contribution in [0.1, 0.15) is 19.8 Å². The normalized spacial score (nSPS) is 12.9. The SMILES string of the molecule is CCC/C(Br)=C/C=N/O. The summed E-state index contributed by atoms with van der Waals surface area (Å²) in [7, 11) is 0. The molecule has 0 unspecified atom stereocenters. The summed E-state index contributed by atoms with van der Waals surface area (Å²) < 4.78 is 1.06. The van der Waals surface area contributed by atoms with Gasteiger partial charge in [-0.1, -0.05) is 34.4 Å². The first-order valence-electron chi connectivity index (χ1n) is 2.83. The summed E-state index contributed by atoms with van der Waals surface area (Å²) in [6, 6.07) is 0. The van der Waals surface area contributed by atoms with Crippen LogP contribution in [0.2, 0.25) is 0 Å². The molecular formula is C6H10BrNO. The number of oxime groups is 1. The van der Waals surface area contributed by atoms with Gasteiger partial charge in [0.1, 0.15) is 0 Å². The van der Waals surface area contributed by atoms with E-state index < -0.39 is 0 Å². The minimum atomic E-state index is 0.992. The minimum Gasteiger partial charge on any atom is -0.411 e. The van der Waals surface area contributed by atoms with E-state index in [9.17, 15) is 0 Å². The fraction of sp³-hybridized carbons (Fsp3) is 0.500. The summed E-state index contributed by atoms with van der Waals surface area (Å²) in [4.78, 5) is 0. The minimum absolute atomic E-state index is 0.992. The number of allylic oxidation sites excluding steroid dienone is 2. The molecule has 0 aliphatic heterocycles. The molecule has 52 valence electrons. The quantitative estimate of drug-likeness (QED) is 0.416. The van der Waals surface area contributed by atoms with Crippen molar-refractivity contribution in [3.05, 3.63) is 10.6 Å². The summed E-state index contributed by atoms with van der Waals surface area (Å²) >= 11 is 3.30. The lowest BCUT2D eigenvalue weighted by atomic mass is 10.3. The van der Waals surface area contributed by atoms with Gasteiger partial charge in [0, 0.05) is 0 Å². The number of hydrogen-bond donors (Lipinski definition) is 1. The van der Waals surface area contributed by atoms with E-state index in [0.29, 0.717) is 0 Å². The lowest BCUT2D eigenvalue weighted by Crippen LogP contribution is -1.71. The highest BCUT2D eigenvalue weighted by Crippen LogP contribution is 2.10. The summed E-state index contributed by atoms with van der Waals surface area (Å²) in [5.41, 5.74) is 0. The average molecular weight is 192 g/mol. The Balaban J connectivity index is 3.55. The largest absolute Gasteiger partial charge is 0.411 e. The molecule has 9 heavy (non-hydrogen) atoms. The van der Waals surface area contributed by atoms with E-state index in [1.54, 1.807) is 6.08 Å². The van der Waals surface area contributed by atoms with Gasteiger partial charge in [-0.2, -0.15) is 0 Å². The van der Waals surface area contributed by atoms with E-state index in [4.69, 9.17) is 5.21 Å². The van der Waals surface area contributed by atoms with Gasteiger partial charge in [-0.3, -0.25) is 0 Å². The topological polar surface area (TPSA) is 32.6 Å². The smallest absolute Gasteiger partial charge is 0.0669 e. The van der Waals surface area contributed by atoms with Crippen LogP contribution in [0.25, 0.3) is 0 Å². The van der Waals surface area contributed by atoms with Crippen LogP contribution in [0.15, 0.2) is 15.7 Å². The van der Waals surface area contributed by atoms with Gasteiger partial charge >= 0.3 is 0 Å². The maximum absolute atomic E-state index is 7.99. The Kier molecular flexibility index (Phi) is 5.62. The van der Waals surface area contributed by atoms with Gasteiger partial charge in [-0.15, -0.1) is 0 Å². The zero-order chi connectivity index (χ0) is 7.11. The maximum Gasteiger partial charge on any atom is 0.0669 e. The molecule has 0 spiro atoms. The molecule has 0 rings (SSSR count). The Morgan fingerprint density at radius 2 is 2.44 bits per heavy atom. The summed E-state index contributed by atoms with van der Waals surface area (Å²) in [6.07, 6.45) is 5.16. The van der Waals surface area contributed by atoms with Crippen LogP contribution in [0.3, 0.4) is 0 Å². The van der Waals surface area contributed by atoms with Crippen LogP contribution in [0.5, 0.6) is 0 Å². The Labute approximate surface area is 63.4 Å². The second kappa shape index (κ2) is 5.82. The van der Waals surface area contributed by atoms with E-state index in [0.717, 1.165) is 17.3 Å². The molecule has 0 aromatic rings. The van der Waals surface area contributed by atoms with Crippen molar-refractivity contribution < 1.29 is 5.21 Å². The highest BCUT2D eigenvalue weighted by atomic mass is 79.9. The van der Waals surface area contributed by atoms with E-state index in [-0.39, 0.29) is 0 Å². The van der Waals surface area contributed by atoms with Crippen molar-refractivity contribution in [2.75, 3.05) is 0 Å². The van der Waals surface area contributed by atoms with E-state index in [1.165, 1.54) is 6.21 Å². The van der Waals surface area contributed by atoms with Crippen molar-refractivity contribution in [3.63, 3.8) is 0 Å². The third kappa shape index (κ3) is 5.56. The molecule has 0 aromatic carbocycles. The maximum atomic E-state index is 7.99. The van der Waals surface area contributed by atoms with Crippen molar-refractivity contribution in [1.29, 1.82) is 0 Å². The molecule has 0 aromatic heterocycles. The molecule has 0 saturated carbocycles. The predicted octanol–water partition coefficient (Wildman–Crippen LogP) is 2.53. The van der Waals surface area contributed by atoms with E-state index in [2.05, 4.69) is 28.0 Å². The van der Waals surface area contributed by atoms with E-state index in [1.807, 2.05) is 0 Å². The first-order valence-corrected chi connectivity index (χ1v) is 3.62. The van der Waals surface area contributed by atoms with Crippen molar-refractivity contribution >= 4 is 22.1 Å². The monoisotopic (exact) mass is 191 g/mol. The predicted molar refractivity (Wildman–Crippen MR) is 42.2 cm³/mol. The average Bonchev–Trinajstić information content (AvgIpc) is 1.85. The fourth-order valence-corrected chi connectivity index (χ4v) is 0.951. The number of nitrogens with zero attached hydrogens (tertiary/aromatic N) is 1. The zero-order valence-corrected chi connectivity index (χ0v) is 6.93. The van der Waals surface area contributed by atoms with Gasteiger partial charge in [-0.25, -0.2) is 0 Å². The van der Waals surface area contributed by atoms with Crippen LogP contribution < -0.4 is 0 Å². The Hall–Kier alpha value is -0.310. The highest BCUT2D eigenvalue weighted by Gasteiger charge is 1.84. The molecule has 0 saturated heterocycles. The molecule has 0 amide bonds. The van der Waals surface area contributed by atoms with Gasteiger partial charge in [0.2, 0.25) is 0 Å². The number of halogens is 1. The molecule has 0 aliphatic carbocycles. The van der Waals surface area contributed by atoms with Crippen LogP contribution >= 0.6 is 15.9 Å². The number of rotatable bonds is 3. The third-order valence-corrected chi connectivity index (χ3v) is 1.47. The third-order valence-electron chi connectivity index (χ3n) is 0.811. The van der Waals surface area contributed by atoms with Gasteiger partial charge < -0.3 is 5.21 Å². The molecule has 1 N–H and O–H groups in total. The van der Waals surface area contributed by atoms with Gasteiger partial charge in [0.05, 0.1) is 6.21 Å². The first-order chi connectivity index (χ1) is 4.31. The molecule has 3 heteroatoms. The summed E-state index contributed by atoms with van der Waals surface area (Å²) in [5, 5.41) is 10.8. The van der Waals surface area contributed by atoms with Gasteiger partial charge in [0.25, 0.3) is 0 Å². The Morgan fingerprint density at radius 3 is 2.89 bits per heavy atom. The molecule has 2 nitrogen and oxygen atoms in total. The fourth-order valence-electron chi connectivity index (χ4n) is 0.436. The van der Waals surface area contributed by atoms with Crippen molar-refractivity contribution in [2.45, 2.75) is 19.8 Å². The van der Waals surface area contributed by atoms with Crippen LogP contribution in [0, 0.1) is 0 Å². The second-order valence-corrected chi connectivity index (χ2v) is 2.65. The summed E-state index contributed by atoms with van der Waals surface area (Å²) in [5.74, 6) is 0. The molecule has 0 bridgehead atoms. The lowest BCUT2D eigenvalue weighted by molar-refractivity contribution is 0.322. The highest BCUT2D eigenvalue weighted by molar-refractivity contribution is 9.11. The first kappa shape index (κ1) is 8.69. The van der Waals surface area contributed by atoms with Gasteiger partial charge in [0.15, 0.2) is 0 Å². The molecule has 0 heterocycles. The van der Waals surface area contributed by atoms with Crippen LogP contribution in [-0.4, -0.2) is 11.4 Å². The molecule has 0 fully saturated rings. The molecular weight excluding hydrogens is 182 g/mol. The number of hydrogen-bond acceptors (Lipinski definition) is 2.